The second-order valence-electron chi connectivity index (χ2n) is 9.78. The number of anilines is 1. The fourth-order valence-corrected chi connectivity index (χ4v) is 5.25. The molecule has 9 heteroatoms. The van der Waals surface area contributed by atoms with Crippen LogP contribution < -0.4 is 10.6 Å². The Balaban J connectivity index is 1.24. The number of nitrogens with one attached hydrogen (secondary N) is 2. The van der Waals surface area contributed by atoms with Crippen LogP contribution in [0.1, 0.15) is 41.9 Å². The molecule has 3 aromatic carbocycles. The molecule has 1 spiro atoms. The number of carbonyl (C=O) groups is 2. The van der Waals surface area contributed by atoms with Crippen molar-refractivity contribution in [3.63, 3.8) is 0 Å². The number of piperidine rings is 1. The molecule has 1 atom stereocenters. The summed E-state index contributed by atoms with van der Waals surface area (Å²) >= 11 is 0. The van der Waals surface area contributed by atoms with E-state index in [2.05, 4.69) is 15.5 Å². The Kier molecular flexibility index (Phi) is 7.37. The maximum Gasteiger partial charge on any atom is 0.412 e. The van der Waals surface area contributed by atoms with Gasteiger partial charge in [-0.2, -0.15) is 0 Å². The van der Waals surface area contributed by atoms with E-state index in [9.17, 15) is 22.8 Å². The summed E-state index contributed by atoms with van der Waals surface area (Å²) < 4.78 is 46.5. The van der Waals surface area contributed by atoms with E-state index in [0.29, 0.717) is 55.7 Å². The van der Waals surface area contributed by atoms with Gasteiger partial charge in [-0.15, -0.1) is 0 Å². The second-order valence-corrected chi connectivity index (χ2v) is 9.78. The summed E-state index contributed by atoms with van der Waals surface area (Å²) in [6.07, 6.45) is 0.927. The van der Waals surface area contributed by atoms with Gasteiger partial charge in [0.1, 0.15) is 23.1 Å². The second kappa shape index (κ2) is 10.9. The molecule has 5 rings (SSSR count). The summed E-state index contributed by atoms with van der Waals surface area (Å²) in [4.78, 5) is 27.6. The maximum atomic E-state index is 14.0. The predicted octanol–water partition coefficient (Wildman–Crippen LogP) is 5.45. The molecule has 0 aromatic heterocycles. The van der Waals surface area contributed by atoms with Crippen molar-refractivity contribution in [3.8, 4) is 0 Å². The van der Waals surface area contributed by atoms with Crippen LogP contribution in [0.25, 0.3) is 0 Å². The molecule has 2 aliphatic rings. The number of hydrogen-bond donors (Lipinski definition) is 2. The Morgan fingerprint density at radius 3 is 2.26 bits per heavy atom. The number of amides is 2. The summed E-state index contributed by atoms with van der Waals surface area (Å²) in [6, 6.07) is 16.1. The molecular formula is C29H28F3N3O3. The van der Waals surface area contributed by atoms with Gasteiger partial charge >= 0.3 is 6.09 Å². The van der Waals surface area contributed by atoms with Gasteiger partial charge in [0.05, 0.1) is 11.6 Å². The maximum absolute atomic E-state index is 14.0. The van der Waals surface area contributed by atoms with E-state index in [-0.39, 0.29) is 29.9 Å². The van der Waals surface area contributed by atoms with Gasteiger partial charge < -0.3 is 15.0 Å². The molecule has 38 heavy (non-hydrogen) atoms. The predicted molar refractivity (Wildman–Crippen MR) is 136 cm³/mol. The summed E-state index contributed by atoms with van der Waals surface area (Å²) in [7, 11) is 0. The van der Waals surface area contributed by atoms with Crippen molar-refractivity contribution < 1.29 is 27.5 Å². The molecule has 0 bridgehead atoms. The summed E-state index contributed by atoms with van der Waals surface area (Å²) in [5.41, 5.74) is 1.78. The third kappa shape index (κ3) is 5.67. The third-order valence-corrected chi connectivity index (χ3v) is 7.36. The van der Waals surface area contributed by atoms with Gasteiger partial charge in [-0.05, 0) is 66.6 Å². The lowest BCUT2D eigenvalue weighted by Gasteiger charge is -2.44. The smallest absolute Gasteiger partial charge is 0.412 e. The lowest BCUT2D eigenvalue weighted by atomic mass is 9.82. The van der Waals surface area contributed by atoms with E-state index >= 15 is 0 Å². The van der Waals surface area contributed by atoms with E-state index in [1.165, 1.54) is 36.4 Å². The number of rotatable bonds is 7. The molecule has 2 N–H and O–H groups in total. The highest BCUT2D eigenvalue weighted by atomic mass is 19.1. The molecule has 0 radical (unpaired) electrons. The fraction of sp³-hybridized carbons (Fsp3) is 0.310. The number of carbonyl (C=O) groups excluding carboxylic acids is 2. The Bertz CT molecular complexity index is 1310. The standard InChI is InChI=1S/C29H28F3N3O3/c30-21-5-1-19(2-6-21)18-33-27(36)24(20-3-7-22(31)8-4-20)11-14-35-15-12-29(13-16-35)25-17-23(32)9-10-26(25)34-28(37)38-29/h1-10,17,24H,11-16,18H2,(H,33,36)(H,34,37). The Labute approximate surface area is 218 Å². The van der Waals surface area contributed by atoms with Crippen LogP contribution in [-0.4, -0.2) is 36.5 Å². The van der Waals surface area contributed by atoms with Gasteiger partial charge in [0.2, 0.25) is 5.91 Å². The Morgan fingerprint density at radius 2 is 1.58 bits per heavy atom. The highest BCUT2D eigenvalue weighted by Gasteiger charge is 2.44. The number of hydrogen-bond acceptors (Lipinski definition) is 4. The highest BCUT2D eigenvalue weighted by Crippen LogP contribution is 2.43. The van der Waals surface area contributed by atoms with E-state index in [1.807, 2.05) is 0 Å². The molecule has 1 fully saturated rings. The van der Waals surface area contributed by atoms with Gasteiger partial charge in [-0.3, -0.25) is 10.1 Å². The number of benzene rings is 3. The zero-order chi connectivity index (χ0) is 26.7. The van der Waals surface area contributed by atoms with Gasteiger partial charge in [0, 0.05) is 38.0 Å². The molecule has 6 nitrogen and oxygen atoms in total. The topological polar surface area (TPSA) is 70.7 Å². The molecule has 198 valence electrons. The van der Waals surface area contributed by atoms with Crippen molar-refractivity contribution in [2.45, 2.75) is 37.3 Å². The lowest BCUT2D eigenvalue weighted by molar-refractivity contribution is -0.123. The van der Waals surface area contributed by atoms with Crippen LogP contribution in [0.5, 0.6) is 0 Å². The number of halogens is 3. The average molecular weight is 524 g/mol. The molecule has 3 aromatic rings. The molecule has 2 amide bonds. The molecule has 1 saturated heterocycles. The zero-order valence-electron chi connectivity index (χ0n) is 20.7. The first-order chi connectivity index (χ1) is 18.3. The fourth-order valence-electron chi connectivity index (χ4n) is 5.25. The van der Waals surface area contributed by atoms with E-state index in [0.717, 1.165) is 5.56 Å². The molecule has 2 heterocycles. The van der Waals surface area contributed by atoms with Gasteiger partial charge in [0.15, 0.2) is 0 Å². The summed E-state index contributed by atoms with van der Waals surface area (Å²) in [5, 5.41) is 5.55. The SMILES string of the molecule is O=C1Nc2ccc(F)cc2C2(CCN(CCC(C(=O)NCc3ccc(F)cc3)c3ccc(F)cc3)CC2)O1. The molecule has 0 saturated carbocycles. The van der Waals surface area contributed by atoms with E-state index in [4.69, 9.17) is 4.74 Å². The average Bonchev–Trinajstić information content (AvgIpc) is 2.91. The van der Waals surface area contributed by atoms with Gasteiger partial charge in [-0.25, -0.2) is 18.0 Å². The molecule has 0 aliphatic carbocycles. The van der Waals surface area contributed by atoms with Crippen molar-refractivity contribution in [1.82, 2.24) is 10.2 Å². The summed E-state index contributed by atoms with van der Waals surface area (Å²) in [5.74, 6) is -1.84. The minimum absolute atomic E-state index is 0.203. The van der Waals surface area contributed by atoms with Crippen LogP contribution in [-0.2, 0) is 21.7 Å². The number of nitrogens with zero attached hydrogens (tertiary/aromatic N) is 1. The van der Waals surface area contributed by atoms with Crippen LogP contribution in [0.4, 0.5) is 23.7 Å². The zero-order valence-corrected chi connectivity index (χ0v) is 20.7. The summed E-state index contributed by atoms with van der Waals surface area (Å²) in [6.45, 7) is 2.02. The van der Waals surface area contributed by atoms with E-state index in [1.54, 1.807) is 30.3 Å². The number of ether oxygens (including phenoxy) is 1. The van der Waals surface area contributed by atoms with Crippen molar-refractivity contribution in [2.75, 3.05) is 25.0 Å². The monoisotopic (exact) mass is 523 g/mol. The van der Waals surface area contributed by atoms with Crippen molar-refractivity contribution >= 4 is 17.7 Å². The third-order valence-electron chi connectivity index (χ3n) is 7.36. The van der Waals surface area contributed by atoms with Gasteiger partial charge in [-0.1, -0.05) is 24.3 Å². The first-order valence-corrected chi connectivity index (χ1v) is 12.6. The van der Waals surface area contributed by atoms with Crippen LogP contribution >= 0.6 is 0 Å². The normalized spacial score (nSPS) is 17.3. The van der Waals surface area contributed by atoms with Crippen LogP contribution in [0.2, 0.25) is 0 Å². The first-order valence-electron chi connectivity index (χ1n) is 12.6. The first kappa shape index (κ1) is 25.8. The quantitative estimate of drug-likeness (QED) is 0.432. The van der Waals surface area contributed by atoms with Crippen molar-refractivity contribution in [1.29, 1.82) is 0 Å². The largest absolute Gasteiger partial charge is 0.438 e. The van der Waals surface area contributed by atoms with Crippen LogP contribution in [0, 0.1) is 17.5 Å². The molecular weight excluding hydrogens is 495 g/mol. The lowest BCUT2D eigenvalue weighted by Crippen LogP contribution is -2.48. The van der Waals surface area contributed by atoms with E-state index < -0.39 is 17.6 Å². The molecule has 1 unspecified atom stereocenters. The minimum Gasteiger partial charge on any atom is -0.438 e. The van der Waals surface area contributed by atoms with Crippen molar-refractivity contribution in [2.24, 2.45) is 0 Å². The molecule has 2 aliphatic heterocycles. The Morgan fingerprint density at radius 1 is 0.947 bits per heavy atom. The van der Waals surface area contributed by atoms with Crippen LogP contribution in [0.15, 0.2) is 66.7 Å². The minimum atomic E-state index is -0.890. The van der Waals surface area contributed by atoms with Crippen LogP contribution in [0.3, 0.4) is 0 Å². The number of fused-ring (bicyclic) bond motifs is 2. The number of likely N-dealkylation sites (tertiary alicyclic amines) is 1. The van der Waals surface area contributed by atoms with Gasteiger partial charge in [0.25, 0.3) is 0 Å². The van der Waals surface area contributed by atoms with Crippen molar-refractivity contribution in [3.05, 3.63) is 101 Å². The Hall–Kier alpha value is -3.85. The highest BCUT2D eigenvalue weighted by molar-refractivity contribution is 5.89.